The zero-order chi connectivity index (χ0) is 52.1. The van der Waals surface area contributed by atoms with E-state index in [1.807, 2.05) is 72.8 Å². The molecular weight excluding hydrogens is 947 g/mol. The van der Waals surface area contributed by atoms with E-state index in [0.29, 0.717) is 11.4 Å². The Morgan fingerprint density at radius 3 is 0.920 bits per heavy atom. The number of benzene rings is 10. The van der Waals surface area contributed by atoms with Crippen LogP contribution in [0.4, 0.5) is 60.5 Å². The summed E-state index contributed by atoms with van der Waals surface area (Å²) in [5, 5.41) is 4.13. The van der Waals surface area contributed by atoms with Gasteiger partial charge in [-0.1, -0.05) is 126 Å². The number of halogens is 6. The Morgan fingerprint density at radius 1 is 0.293 bits per heavy atom. The van der Waals surface area contributed by atoms with E-state index < -0.39 is 34.3 Å². The van der Waals surface area contributed by atoms with Crippen LogP contribution in [0.3, 0.4) is 0 Å². The predicted molar refractivity (Wildman–Crippen MR) is 294 cm³/mol. The highest BCUT2D eigenvalue weighted by Crippen LogP contribution is 2.62. The summed E-state index contributed by atoms with van der Waals surface area (Å²) >= 11 is 0. The van der Waals surface area contributed by atoms with Crippen molar-refractivity contribution in [3.05, 3.63) is 239 Å². The van der Waals surface area contributed by atoms with Crippen molar-refractivity contribution in [2.24, 2.45) is 0 Å². The number of hydrogen-bond donors (Lipinski definition) is 0. The molecule has 3 aliphatic carbocycles. The summed E-state index contributed by atoms with van der Waals surface area (Å²) in [4.78, 5) is 4.14. The van der Waals surface area contributed by atoms with Gasteiger partial charge in [-0.05, 0) is 187 Å². The number of para-hydroxylation sites is 2. The van der Waals surface area contributed by atoms with Gasteiger partial charge in [-0.15, -0.1) is 0 Å². The first-order valence-corrected chi connectivity index (χ1v) is 25.3. The van der Waals surface area contributed by atoms with E-state index in [0.717, 1.165) is 79.7 Å². The Balaban J connectivity index is 0.964. The van der Waals surface area contributed by atoms with Gasteiger partial charge in [-0.25, -0.2) is 0 Å². The molecule has 75 heavy (non-hydrogen) atoms. The first-order valence-electron chi connectivity index (χ1n) is 25.3. The van der Waals surface area contributed by atoms with Gasteiger partial charge in [-0.2, -0.15) is 26.3 Å². The standard InChI is InChI=1S/C67H50F6N2/c1-63(2)53-35-51-55(64(3,4)57-37-59(45-21-13-15-23-47(45)61(51)57)74(41-17-9-7-10-18-41)43-29-25-39(26-30-43)66(68,69)70)33-49(53)50-34-56-52(36-54(50)63)62-48-24-16-14-22-46(48)60(38-58(62)65(56,5)6)75(42-19-11-8-12-20-42)44-31-27-40(28-32-44)67(71,72)73/h7-38H,1-6H3. The molecule has 0 heterocycles. The second-order valence-electron chi connectivity index (χ2n) is 21.9. The van der Waals surface area contributed by atoms with Crippen LogP contribution >= 0.6 is 0 Å². The summed E-state index contributed by atoms with van der Waals surface area (Å²) in [6.45, 7) is 13.8. The van der Waals surface area contributed by atoms with Gasteiger partial charge in [0, 0.05) is 49.8 Å². The number of nitrogens with zero attached hydrogens (tertiary/aromatic N) is 2. The van der Waals surface area contributed by atoms with Crippen LogP contribution in [0.2, 0.25) is 0 Å². The summed E-state index contributed by atoms with van der Waals surface area (Å²) in [5.41, 5.74) is 16.3. The highest BCUT2D eigenvalue weighted by molar-refractivity contribution is 6.12. The molecule has 0 unspecified atom stereocenters. The zero-order valence-electron chi connectivity index (χ0n) is 42.1. The SMILES string of the molecule is CC1(C)c2cc3c(cc2-c2cc4c(cc21)-c1c(cc(N(c2ccccc2)c2ccc(C(F)(F)F)cc2)c2ccccc12)C4(C)C)C(C)(C)c1cc(N(c2ccccc2)c2ccc(C(F)(F)F)cc2)c2ccccc2c1-3. The molecule has 13 rings (SSSR count). The normalized spacial score (nSPS) is 15.3. The lowest BCUT2D eigenvalue weighted by atomic mass is 9.78. The molecule has 0 aromatic heterocycles. The summed E-state index contributed by atoms with van der Waals surface area (Å²) in [7, 11) is 0. The van der Waals surface area contributed by atoms with Gasteiger partial charge in [0.1, 0.15) is 0 Å². The van der Waals surface area contributed by atoms with Gasteiger partial charge in [0.25, 0.3) is 0 Å². The Morgan fingerprint density at radius 2 is 0.573 bits per heavy atom. The van der Waals surface area contributed by atoms with Gasteiger partial charge < -0.3 is 9.80 Å². The number of anilines is 6. The van der Waals surface area contributed by atoms with Gasteiger partial charge in [0.15, 0.2) is 0 Å². The molecule has 370 valence electrons. The van der Waals surface area contributed by atoms with E-state index in [2.05, 4.69) is 124 Å². The molecule has 0 fully saturated rings. The van der Waals surface area contributed by atoms with E-state index in [4.69, 9.17) is 0 Å². The molecule has 0 radical (unpaired) electrons. The van der Waals surface area contributed by atoms with Crippen molar-refractivity contribution in [2.45, 2.75) is 70.1 Å². The van der Waals surface area contributed by atoms with Crippen molar-refractivity contribution in [3.63, 3.8) is 0 Å². The van der Waals surface area contributed by atoms with Crippen LogP contribution < -0.4 is 9.80 Å². The van der Waals surface area contributed by atoms with Crippen molar-refractivity contribution in [1.29, 1.82) is 0 Å². The summed E-state index contributed by atoms with van der Waals surface area (Å²) < 4.78 is 83.3. The topological polar surface area (TPSA) is 6.48 Å². The van der Waals surface area contributed by atoms with E-state index in [1.54, 1.807) is 24.3 Å². The third-order valence-corrected chi connectivity index (χ3v) is 16.6. The summed E-state index contributed by atoms with van der Waals surface area (Å²) in [5.74, 6) is 0. The summed E-state index contributed by atoms with van der Waals surface area (Å²) in [6, 6.07) is 61.5. The molecule has 10 aromatic carbocycles. The number of alkyl halides is 6. The molecule has 0 bridgehead atoms. The van der Waals surface area contributed by atoms with Crippen LogP contribution in [0.15, 0.2) is 194 Å². The first kappa shape index (κ1) is 46.7. The van der Waals surface area contributed by atoms with Crippen LogP contribution in [0, 0.1) is 0 Å². The molecule has 0 aliphatic heterocycles. The van der Waals surface area contributed by atoms with Crippen LogP contribution in [-0.2, 0) is 28.6 Å². The highest BCUT2D eigenvalue weighted by Gasteiger charge is 2.46. The van der Waals surface area contributed by atoms with E-state index in [-0.39, 0.29) is 5.41 Å². The Labute approximate surface area is 432 Å². The third-order valence-electron chi connectivity index (χ3n) is 16.6. The minimum absolute atomic E-state index is 0.390. The molecule has 0 atom stereocenters. The maximum absolute atomic E-state index is 13.9. The fraction of sp³-hybridized carbons (Fsp3) is 0.164. The Bertz CT molecular complexity index is 3720. The molecule has 0 spiro atoms. The average molecular weight is 997 g/mol. The Hall–Kier alpha value is -8.10. The fourth-order valence-corrected chi connectivity index (χ4v) is 12.8. The van der Waals surface area contributed by atoms with Crippen molar-refractivity contribution in [2.75, 3.05) is 9.80 Å². The lowest BCUT2D eigenvalue weighted by Crippen LogP contribution is -2.18. The third kappa shape index (κ3) is 6.87. The fourth-order valence-electron chi connectivity index (χ4n) is 12.8. The molecule has 3 aliphatic rings. The smallest absolute Gasteiger partial charge is 0.310 e. The summed E-state index contributed by atoms with van der Waals surface area (Å²) in [6.07, 6.45) is -8.92. The quantitative estimate of drug-likeness (QED) is 0.153. The largest absolute Gasteiger partial charge is 0.416 e. The van der Waals surface area contributed by atoms with Crippen molar-refractivity contribution in [1.82, 2.24) is 0 Å². The number of rotatable bonds is 6. The van der Waals surface area contributed by atoms with Crippen molar-refractivity contribution >= 4 is 55.7 Å². The number of hydrogen-bond acceptors (Lipinski definition) is 2. The minimum atomic E-state index is -4.46. The maximum Gasteiger partial charge on any atom is 0.416 e. The average Bonchev–Trinajstić information content (AvgIpc) is 3.96. The lowest BCUT2D eigenvalue weighted by molar-refractivity contribution is -0.138. The van der Waals surface area contributed by atoms with Crippen molar-refractivity contribution < 1.29 is 26.3 Å². The maximum atomic E-state index is 13.9. The van der Waals surface area contributed by atoms with Gasteiger partial charge in [0.05, 0.1) is 22.5 Å². The monoisotopic (exact) mass is 996 g/mol. The Kier molecular flexibility index (Phi) is 9.93. The molecule has 0 saturated heterocycles. The molecule has 2 nitrogen and oxygen atoms in total. The molecule has 0 amide bonds. The lowest BCUT2D eigenvalue weighted by Gasteiger charge is -2.30. The molecule has 0 saturated carbocycles. The first-order chi connectivity index (χ1) is 35.7. The molecular formula is C67H50F6N2. The second-order valence-corrected chi connectivity index (χ2v) is 21.9. The predicted octanol–water partition coefficient (Wildman–Crippen LogP) is 19.9. The molecule has 8 heteroatoms. The highest BCUT2D eigenvalue weighted by atomic mass is 19.4. The van der Waals surface area contributed by atoms with Crippen LogP contribution in [0.25, 0.3) is 54.9 Å². The van der Waals surface area contributed by atoms with E-state index in [1.165, 1.54) is 55.6 Å². The number of fused-ring (bicyclic) bond motifs is 13. The van der Waals surface area contributed by atoms with Crippen LogP contribution in [0.5, 0.6) is 0 Å². The molecule has 0 N–H and O–H groups in total. The van der Waals surface area contributed by atoms with E-state index >= 15 is 0 Å². The minimum Gasteiger partial charge on any atom is -0.310 e. The van der Waals surface area contributed by atoms with Crippen LogP contribution in [-0.4, -0.2) is 0 Å². The zero-order valence-corrected chi connectivity index (χ0v) is 42.1. The second kappa shape index (κ2) is 16.0. The van der Waals surface area contributed by atoms with Crippen LogP contribution in [0.1, 0.15) is 86.1 Å². The van der Waals surface area contributed by atoms with Gasteiger partial charge in [0.2, 0.25) is 0 Å². The van der Waals surface area contributed by atoms with Gasteiger partial charge in [-0.3, -0.25) is 0 Å². The van der Waals surface area contributed by atoms with Crippen molar-refractivity contribution in [3.8, 4) is 33.4 Å². The van der Waals surface area contributed by atoms with Gasteiger partial charge >= 0.3 is 12.4 Å². The van der Waals surface area contributed by atoms with E-state index in [9.17, 15) is 26.3 Å². The molecule has 10 aromatic rings.